The van der Waals surface area contributed by atoms with Crippen LogP contribution >= 0.6 is 15.9 Å². The van der Waals surface area contributed by atoms with E-state index in [1.165, 1.54) is 11.7 Å². The van der Waals surface area contributed by atoms with Crippen LogP contribution in [0.1, 0.15) is 22.4 Å². The van der Waals surface area contributed by atoms with Crippen LogP contribution in [0.25, 0.3) is 0 Å². The van der Waals surface area contributed by atoms with Gasteiger partial charge >= 0.3 is 0 Å². The summed E-state index contributed by atoms with van der Waals surface area (Å²) >= 11 is 3.44. The van der Waals surface area contributed by atoms with Crippen LogP contribution in [0, 0.1) is 18.3 Å². The fourth-order valence-electron chi connectivity index (χ4n) is 3.27. The Balaban J connectivity index is 1.92. The van der Waals surface area contributed by atoms with Gasteiger partial charge in [0.1, 0.15) is 18.2 Å². The van der Waals surface area contributed by atoms with Crippen LogP contribution < -0.4 is 10.5 Å². The SMILES string of the molecule is COCc1cc(C)n(CC(=O)N2CCc3cc(Br)ccc32)c(=O)c1C#N. The lowest BCUT2D eigenvalue weighted by Crippen LogP contribution is -2.37. The standard InChI is InChI=1S/C19H18BrN3O3/c1-12-7-14(11-26-2)16(9-21)19(25)23(12)10-18(24)22-6-5-13-8-15(20)3-4-17(13)22/h3-4,7-8H,5-6,10-11H2,1-2H3. The molecule has 0 fully saturated rings. The average molecular weight is 416 g/mol. The van der Waals surface area contributed by atoms with Crippen molar-refractivity contribution < 1.29 is 9.53 Å². The summed E-state index contributed by atoms with van der Waals surface area (Å²) in [6, 6.07) is 9.48. The largest absolute Gasteiger partial charge is 0.380 e. The van der Waals surface area contributed by atoms with Gasteiger partial charge in [0.25, 0.3) is 5.56 Å². The summed E-state index contributed by atoms with van der Waals surface area (Å²) in [6.07, 6.45) is 0.782. The van der Waals surface area contributed by atoms with Crippen molar-refractivity contribution in [3.63, 3.8) is 0 Å². The molecule has 0 spiro atoms. The van der Waals surface area contributed by atoms with Gasteiger partial charge in [0, 0.05) is 35.1 Å². The number of aryl methyl sites for hydroxylation is 1. The summed E-state index contributed by atoms with van der Waals surface area (Å²) in [5.74, 6) is -0.167. The fourth-order valence-corrected chi connectivity index (χ4v) is 3.68. The molecule has 0 N–H and O–H groups in total. The van der Waals surface area contributed by atoms with Crippen molar-refractivity contribution in [3.8, 4) is 6.07 Å². The number of aromatic nitrogens is 1. The van der Waals surface area contributed by atoms with E-state index in [2.05, 4.69) is 15.9 Å². The van der Waals surface area contributed by atoms with E-state index in [1.807, 2.05) is 24.3 Å². The summed E-state index contributed by atoms with van der Waals surface area (Å²) in [5, 5.41) is 9.32. The highest BCUT2D eigenvalue weighted by atomic mass is 79.9. The van der Waals surface area contributed by atoms with Crippen LogP contribution in [0.3, 0.4) is 0 Å². The van der Waals surface area contributed by atoms with Crippen molar-refractivity contribution in [2.24, 2.45) is 0 Å². The summed E-state index contributed by atoms with van der Waals surface area (Å²) in [5.41, 5.74) is 2.71. The smallest absolute Gasteiger partial charge is 0.269 e. The number of nitriles is 1. The molecular formula is C19H18BrN3O3. The molecule has 26 heavy (non-hydrogen) atoms. The van der Waals surface area contributed by atoms with E-state index in [0.29, 0.717) is 17.8 Å². The predicted molar refractivity (Wildman–Crippen MR) is 101 cm³/mol. The second kappa shape index (κ2) is 7.44. The average Bonchev–Trinajstić information content (AvgIpc) is 3.02. The third-order valence-corrected chi connectivity index (χ3v) is 5.03. The van der Waals surface area contributed by atoms with Crippen molar-refractivity contribution in [3.05, 3.63) is 61.5 Å². The van der Waals surface area contributed by atoms with Crippen molar-refractivity contribution >= 4 is 27.5 Å². The first kappa shape index (κ1) is 18.4. The Bertz CT molecular complexity index is 975. The van der Waals surface area contributed by atoms with E-state index in [1.54, 1.807) is 17.9 Å². The number of rotatable bonds is 4. The summed E-state index contributed by atoms with van der Waals surface area (Å²) < 4.78 is 7.39. The van der Waals surface area contributed by atoms with E-state index in [-0.39, 0.29) is 24.6 Å². The van der Waals surface area contributed by atoms with E-state index in [9.17, 15) is 14.9 Å². The van der Waals surface area contributed by atoms with Crippen LogP contribution in [-0.4, -0.2) is 24.1 Å². The second-order valence-electron chi connectivity index (χ2n) is 6.19. The zero-order valence-electron chi connectivity index (χ0n) is 14.6. The van der Waals surface area contributed by atoms with Gasteiger partial charge in [-0.25, -0.2) is 0 Å². The lowest BCUT2D eigenvalue weighted by Gasteiger charge is -2.19. The number of hydrogen-bond donors (Lipinski definition) is 0. The molecule has 1 amide bonds. The quantitative estimate of drug-likeness (QED) is 0.768. The minimum absolute atomic E-state index is 0.0241. The van der Waals surface area contributed by atoms with Gasteiger partial charge in [0.2, 0.25) is 5.91 Å². The third-order valence-electron chi connectivity index (χ3n) is 4.53. The molecule has 134 valence electrons. The normalized spacial score (nSPS) is 12.8. The number of benzene rings is 1. The van der Waals surface area contributed by atoms with Gasteiger partial charge in [-0.05, 0) is 43.2 Å². The van der Waals surface area contributed by atoms with Crippen molar-refractivity contribution in [1.29, 1.82) is 5.26 Å². The molecule has 0 saturated carbocycles. The van der Waals surface area contributed by atoms with Crippen LogP contribution in [0.2, 0.25) is 0 Å². The highest BCUT2D eigenvalue weighted by Gasteiger charge is 2.26. The number of nitrogens with zero attached hydrogens (tertiary/aromatic N) is 3. The topological polar surface area (TPSA) is 75.3 Å². The zero-order chi connectivity index (χ0) is 18.8. The Morgan fingerprint density at radius 2 is 2.15 bits per heavy atom. The van der Waals surface area contributed by atoms with Gasteiger partial charge in [0.15, 0.2) is 0 Å². The molecule has 1 aliphatic rings. The molecule has 0 bridgehead atoms. The number of halogens is 1. The molecule has 0 atom stereocenters. The number of pyridine rings is 1. The van der Waals surface area contributed by atoms with E-state index in [4.69, 9.17) is 4.74 Å². The van der Waals surface area contributed by atoms with Gasteiger partial charge in [-0.15, -0.1) is 0 Å². The molecule has 0 saturated heterocycles. The predicted octanol–water partition coefficient (Wildman–Crippen LogP) is 2.53. The number of hydrogen-bond acceptors (Lipinski definition) is 4. The zero-order valence-corrected chi connectivity index (χ0v) is 16.2. The minimum atomic E-state index is -0.455. The molecule has 1 aliphatic heterocycles. The molecule has 0 radical (unpaired) electrons. The maximum Gasteiger partial charge on any atom is 0.269 e. The molecule has 0 unspecified atom stereocenters. The minimum Gasteiger partial charge on any atom is -0.380 e. The molecule has 6 nitrogen and oxygen atoms in total. The Hall–Kier alpha value is -2.43. The highest BCUT2D eigenvalue weighted by molar-refractivity contribution is 9.10. The van der Waals surface area contributed by atoms with Gasteiger partial charge in [-0.1, -0.05) is 15.9 Å². The van der Waals surface area contributed by atoms with Gasteiger partial charge in [-0.3, -0.25) is 9.59 Å². The molecular weight excluding hydrogens is 398 g/mol. The molecule has 3 rings (SSSR count). The molecule has 7 heteroatoms. The number of anilines is 1. The number of ether oxygens (including phenoxy) is 1. The molecule has 1 aromatic carbocycles. The van der Waals surface area contributed by atoms with Gasteiger partial charge < -0.3 is 14.2 Å². The maximum atomic E-state index is 12.8. The Morgan fingerprint density at radius 3 is 2.85 bits per heavy atom. The number of carbonyl (C=O) groups excluding carboxylic acids is 1. The van der Waals surface area contributed by atoms with Crippen LogP contribution in [0.15, 0.2) is 33.5 Å². The van der Waals surface area contributed by atoms with Crippen molar-refractivity contribution in [2.45, 2.75) is 26.5 Å². The van der Waals surface area contributed by atoms with E-state index in [0.717, 1.165) is 22.1 Å². The fraction of sp³-hybridized carbons (Fsp3) is 0.316. The number of carbonyl (C=O) groups is 1. The molecule has 0 aliphatic carbocycles. The van der Waals surface area contributed by atoms with Crippen LogP contribution in [0.4, 0.5) is 5.69 Å². The monoisotopic (exact) mass is 415 g/mol. The molecule has 2 aromatic rings. The first-order valence-corrected chi connectivity index (χ1v) is 8.96. The highest BCUT2D eigenvalue weighted by Crippen LogP contribution is 2.30. The Labute approximate surface area is 159 Å². The Kier molecular flexibility index (Phi) is 5.25. The number of amides is 1. The molecule has 1 aromatic heterocycles. The lowest BCUT2D eigenvalue weighted by molar-refractivity contribution is -0.119. The first-order chi connectivity index (χ1) is 12.5. The summed E-state index contributed by atoms with van der Waals surface area (Å²) in [6.45, 7) is 2.43. The molecule has 2 heterocycles. The van der Waals surface area contributed by atoms with Crippen molar-refractivity contribution in [2.75, 3.05) is 18.6 Å². The van der Waals surface area contributed by atoms with Crippen LogP contribution in [0.5, 0.6) is 0 Å². The van der Waals surface area contributed by atoms with Crippen molar-refractivity contribution in [1.82, 2.24) is 4.57 Å². The lowest BCUT2D eigenvalue weighted by atomic mass is 10.1. The first-order valence-electron chi connectivity index (χ1n) is 8.17. The number of fused-ring (bicyclic) bond motifs is 1. The Morgan fingerprint density at radius 1 is 1.38 bits per heavy atom. The summed E-state index contributed by atoms with van der Waals surface area (Å²) in [4.78, 5) is 27.2. The second-order valence-corrected chi connectivity index (χ2v) is 7.11. The van der Waals surface area contributed by atoms with Crippen LogP contribution in [-0.2, 0) is 29.1 Å². The van der Waals surface area contributed by atoms with E-state index >= 15 is 0 Å². The summed E-state index contributed by atoms with van der Waals surface area (Å²) in [7, 11) is 1.51. The number of methoxy groups -OCH3 is 1. The third kappa shape index (κ3) is 3.30. The van der Waals surface area contributed by atoms with E-state index < -0.39 is 5.56 Å². The maximum absolute atomic E-state index is 12.8. The van der Waals surface area contributed by atoms with Gasteiger partial charge in [-0.2, -0.15) is 5.26 Å². The van der Waals surface area contributed by atoms with Gasteiger partial charge in [0.05, 0.1) is 6.61 Å².